The van der Waals surface area contributed by atoms with Crippen LogP contribution in [0.1, 0.15) is 66.7 Å². The summed E-state index contributed by atoms with van der Waals surface area (Å²) in [7, 11) is 0. The number of imide groups is 1. The van der Waals surface area contributed by atoms with Crippen LogP contribution >= 0.6 is 0 Å². The van der Waals surface area contributed by atoms with Gasteiger partial charge in [0.25, 0.3) is 11.8 Å². The van der Waals surface area contributed by atoms with Gasteiger partial charge in [-0.2, -0.15) is 0 Å². The summed E-state index contributed by atoms with van der Waals surface area (Å²) >= 11 is 0. The van der Waals surface area contributed by atoms with E-state index in [-0.39, 0.29) is 17.2 Å². The largest absolute Gasteiger partial charge is 0.432 e. The lowest BCUT2D eigenvalue weighted by atomic mass is 10.1. The predicted molar refractivity (Wildman–Crippen MR) is 84.8 cm³/mol. The number of nitrogens with one attached hydrogen (secondary N) is 1. The van der Waals surface area contributed by atoms with Gasteiger partial charge in [0, 0.05) is 6.04 Å². The SMILES string of the molecule is CCCCCCC(C)NC(=O)ON1C(=O)c2ccccc2C1=O. The van der Waals surface area contributed by atoms with Crippen molar-refractivity contribution in [2.24, 2.45) is 0 Å². The minimum atomic E-state index is -0.789. The van der Waals surface area contributed by atoms with E-state index in [4.69, 9.17) is 4.84 Å². The van der Waals surface area contributed by atoms with E-state index in [9.17, 15) is 14.4 Å². The van der Waals surface area contributed by atoms with E-state index >= 15 is 0 Å². The fourth-order valence-electron chi connectivity index (χ4n) is 2.51. The quantitative estimate of drug-likeness (QED) is 0.618. The van der Waals surface area contributed by atoms with Gasteiger partial charge >= 0.3 is 6.09 Å². The standard InChI is InChI=1S/C17H22N2O4/c1-3-4-5-6-9-12(2)18-17(22)23-19-15(20)13-10-7-8-11-14(13)16(19)21/h7-8,10-12H,3-6,9H2,1-2H3,(H,18,22). The van der Waals surface area contributed by atoms with Gasteiger partial charge in [0.05, 0.1) is 11.1 Å². The number of hydrogen-bond acceptors (Lipinski definition) is 4. The van der Waals surface area contributed by atoms with Crippen LogP contribution in [0.15, 0.2) is 24.3 Å². The smallest absolute Gasteiger partial charge is 0.317 e. The van der Waals surface area contributed by atoms with Crippen LogP contribution in [0.3, 0.4) is 0 Å². The first-order valence-corrected chi connectivity index (χ1v) is 8.01. The molecule has 0 aromatic heterocycles. The topological polar surface area (TPSA) is 75.7 Å². The molecular formula is C17H22N2O4. The molecule has 1 N–H and O–H groups in total. The fraction of sp³-hybridized carbons (Fsp3) is 0.471. The maximum absolute atomic E-state index is 12.1. The Morgan fingerprint density at radius 1 is 1.13 bits per heavy atom. The number of hydroxylamine groups is 2. The molecule has 2 rings (SSSR count). The molecule has 6 heteroatoms. The molecule has 0 saturated carbocycles. The number of hydrogen-bond donors (Lipinski definition) is 1. The second kappa shape index (κ2) is 7.76. The molecule has 6 nitrogen and oxygen atoms in total. The molecule has 0 aliphatic carbocycles. The molecule has 124 valence electrons. The molecular weight excluding hydrogens is 296 g/mol. The first-order chi connectivity index (χ1) is 11.0. The van der Waals surface area contributed by atoms with Gasteiger partial charge in [-0.25, -0.2) is 4.79 Å². The zero-order valence-corrected chi connectivity index (χ0v) is 13.5. The number of rotatable bonds is 7. The number of carbonyl (C=O) groups excluding carboxylic acids is 3. The first kappa shape index (κ1) is 17.0. The second-order valence-electron chi connectivity index (χ2n) is 5.72. The molecule has 0 saturated heterocycles. The Balaban J connectivity index is 1.84. The van der Waals surface area contributed by atoms with Crippen LogP contribution in [0, 0.1) is 0 Å². The molecule has 1 unspecified atom stereocenters. The van der Waals surface area contributed by atoms with Crippen LogP contribution in [0.2, 0.25) is 0 Å². The van der Waals surface area contributed by atoms with Gasteiger partial charge in [-0.05, 0) is 25.5 Å². The van der Waals surface area contributed by atoms with Gasteiger partial charge < -0.3 is 10.2 Å². The predicted octanol–water partition coefficient (Wildman–Crippen LogP) is 3.28. The highest BCUT2D eigenvalue weighted by molar-refractivity contribution is 6.20. The Labute approximate surface area is 135 Å². The average molecular weight is 318 g/mol. The van der Waals surface area contributed by atoms with Crippen molar-refractivity contribution in [2.75, 3.05) is 0 Å². The third-order valence-corrected chi connectivity index (χ3v) is 3.79. The lowest BCUT2D eigenvalue weighted by molar-refractivity contribution is -0.0456. The van der Waals surface area contributed by atoms with E-state index < -0.39 is 17.9 Å². The van der Waals surface area contributed by atoms with Gasteiger partial charge in [-0.3, -0.25) is 9.59 Å². The van der Waals surface area contributed by atoms with Crippen molar-refractivity contribution < 1.29 is 19.2 Å². The summed E-state index contributed by atoms with van der Waals surface area (Å²) in [6.07, 6.45) is 4.51. The average Bonchev–Trinajstić information content (AvgIpc) is 2.77. The monoisotopic (exact) mass is 318 g/mol. The van der Waals surface area contributed by atoms with Gasteiger partial charge in [0.1, 0.15) is 0 Å². The third kappa shape index (κ3) is 4.09. The van der Waals surface area contributed by atoms with E-state index in [0.29, 0.717) is 5.06 Å². The van der Waals surface area contributed by atoms with E-state index in [1.54, 1.807) is 12.1 Å². The summed E-state index contributed by atoms with van der Waals surface area (Å²) in [5.74, 6) is -1.23. The Morgan fingerprint density at radius 2 is 1.74 bits per heavy atom. The molecule has 23 heavy (non-hydrogen) atoms. The van der Waals surface area contributed by atoms with E-state index in [0.717, 1.165) is 25.7 Å². The van der Waals surface area contributed by atoms with E-state index in [1.165, 1.54) is 18.6 Å². The van der Waals surface area contributed by atoms with Gasteiger partial charge in [-0.1, -0.05) is 49.8 Å². The molecule has 0 bridgehead atoms. The van der Waals surface area contributed by atoms with Crippen LogP contribution in [-0.2, 0) is 4.84 Å². The molecule has 1 aliphatic heterocycles. The van der Waals surface area contributed by atoms with Crippen molar-refractivity contribution in [3.63, 3.8) is 0 Å². The second-order valence-corrected chi connectivity index (χ2v) is 5.72. The maximum atomic E-state index is 12.1. The fourth-order valence-corrected chi connectivity index (χ4v) is 2.51. The highest BCUT2D eigenvalue weighted by Crippen LogP contribution is 2.22. The summed E-state index contributed by atoms with van der Waals surface area (Å²) in [6, 6.07) is 6.31. The molecule has 1 atom stereocenters. The van der Waals surface area contributed by atoms with Gasteiger partial charge in [0.15, 0.2) is 0 Å². The van der Waals surface area contributed by atoms with Crippen LogP contribution in [0.25, 0.3) is 0 Å². The van der Waals surface area contributed by atoms with Crippen molar-refractivity contribution >= 4 is 17.9 Å². The van der Waals surface area contributed by atoms with Crippen molar-refractivity contribution in [1.29, 1.82) is 0 Å². The molecule has 1 aliphatic rings. The normalized spacial score (nSPS) is 14.6. The molecule has 1 aromatic rings. The van der Waals surface area contributed by atoms with Crippen LogP contribution in [-0.4, -0.2) is 29.0 Å². The van der Waals surface area contributed by atoms with E-state index in [2.05, 4.69) is 12.2 Å². The maximum Gasteiger partial charge on any atom is 0.432 e. The minimum absolute atomic E-state index is 0.0745. The number of benzene rings is 1. The zero-order chi connectivity index (χ0) is 16.8. The molecule has 0 spiro atoms. The summed E-state index contributed by atoms with van der Waals surface area (Å²) in [5.41, 5.74) is 0.496. The van der Waals surface area contributed by atoms with Crippen molar-refractivity contribution in [3.05, 3.63) is 35.4 Å². The number of nitrogens with zero attached hydrogens (tertiary/aromatic N) is 1. The van der Waals surface area contributed by atoms with Crippen molar-refractivity contribution in [2.45, 2.75) is 52.0 Å². The number of fused-ring (bicyclic) bond motifs is 1. The van der Waals surface area contributed by atoms with Gasteiger partial charge in [-0.15, -0.1) is 0 Å². The van der Waals surface area contributed by atoms with Crippen molar-refractivity contribution in [3.8, 4) is 0 Å². The van der Waals surface area contributed by atoms with Crippen LogP contribution in [0.5, 0.6) is 0 Å². The third-order valence-electron chi connectivity index (χ3n) is 3.79. The van der Waals surface area contributed by atoms with Gasteiger partial charge in [0.2, 0.25) is 0 Å². The summed E-state index contributed by atoms with van der Waals surface area (Å²) < 4.78 is 0. The van der Waals surface area contributed by atoms with Crippen LogP contribution in [0.4, 0.5) is 4.79 Å². The first-order valence-electron chi connectivity index (χ1n) is 8.01. The lowest BCUT2D eigenvalue weighted by Gasteiger charge is -2.17. The Morgan fingerprint density at radius 3 is 2.30 bits per heavy atom. The number of unbranched alkanes of at least 4 members (excludes halogenated alkanes) is 3. The Kier molecular flexibility index (Phi) is 5.73. The number of carbonyl (C=O) groups is 3. The molecule has 1 aromatic carbocycles. The lowest BCUT2D eigenvalue weighted by Crippen LogP contribution is -2.40. The number of amides is 3. The van der Waals surface area contributed by atoms with Crippen molar-refractivity contribution in [1.82, 2.24) is 10.4 Å². The summed E-state index contributed by atoms with van der Waals surface area (Å²) in [5, 5.41) is 3.16. The zero-order valence-electron chi connectivity index (χ0n) is 13.5. The highest BCUT2D eigenvalue weighted by atomic mass is 16.7. The Bertz CT molecular complexity index is 565. The molecule has 3 amide bonds. The molecule has 1 heterocycles. The van der Waals surface area contributed by atoms with E-state index in [1.807, 2.05) is 6.92 Å². The Hall–Kier alpha value is -2.37. The summed E-state index contributed by atoms with van der Waals surface area (Å²) in [6.45, 7) is 4.01. The highest BCUT2D eigenvalue weighted by Gasteiger charge is 2.38. The summed E-state index contributed by atoms with van der Waals surface area (Å²) in [4.78, 5) is 40.9. The van der Waals surface area contributed by atoms with Crippen LogP contribution < -0.4 is 5.32 Å². The molecule has 0 radical (unpaired) electrons. The minimum Gasteiger partial charge on any atom is -0.317 e. The molecule has 0 fully saturated rings.